The normalized spacial score (nSPS) is 11.1. The van der Waals surface area contributed by atoms with Crippen LogP contribution in [0.4, 0.5) is 18.9 Å². The number of rotatable bonds is 3. The molecular formula is C10H10F3NO3. The zero-order chi connectivity index (χ0) is 13.1. The number of nitrogen functional groups attached to an aromatic ring is 1. The number of benzene rings is 1. The van der Waals surface area contributed by atoms with Gasteiger partial charge in [-0.3, -0.25) is 0 Å². The molecule has 2 N–H and O–H groups in total. The number of methoxy groups -OCH3 is 1. The summed E-state index contributed by atoms with van der Waals surface area (Å²) in [6, 6.07) is 4.02. The number of ether oxygens (including phenoxy) is 2. The van der Waals surface area contributed by atoms with Crippen LogP contribution in [0.15, 0.2) is 18.2 Å². The summed E-state index contributed by atoms with van der Waals surface area (Å²) >= 11 is 0. The highest BCUT2D eigenvalue weighted by Gasteiger charge is 2.30. The van der Waals surface area contributed by atoms with E-state index in [1.807, 2.05) is 0 Å². The molecule has 0 fully saturated rings. The molecule has 0 saturated carbocycles. The minimum Gasteiger partial charge on any atom is -0.481 e. The monoisotopic (exact) mass is 249 g/mol. The number of esters is 1. The van der Waals surface area contributed by atoms with E-state index in [0.29, 0.717) is 0 Å². The third-order valence-corrected chi connectivity index (χ3v) is 1.83. The second-order valence-electron chi connectivity index (χ2n) is 3.12. The van der Waals surface area contributed by atoms with Crippen LogP contribution in [0.2, 0.25) is 0 Å². The fourth-order valence-electron chi connectivity index (χ4n) is 1.14. The van der Waals surface area contributed by atoms with Crippen LogP contribution in [-0.4, -0.2) is 25.9 Å². The van der Waals surface area contributed by atoms with Gasteiger partial charge in [0.15, 0.2) is 12.4 Å². The van der Waals surface area contributed by atoms with Crippen molar-refractivity contribution < 1.29 is 27.4 Å². The maximum absolute atomic E-state index is 12.0. The lowest BCUT2D eigenvalue weighted by Gasteiger charge is -2.13. The number of hydrogen-bond acceptors (Lipinski definition) is 4. The van der Waals surface area contributed by atoms with Gasteiger partial charge in [0.05, 0.1) is 12.8 Å². The smallest absolute Gasteiger partial charge is 0.422 e. The average Bonchev–Trinajstić information content (AvgIpc) is 2.25. The molecule has 0 aliphatic heterocycles. The van der Waals surface area contributed by atoms with E-state index in [4.69, 9.17) is 5.73 Å². The Morgan fingerprint density at radius 2 is 2.06 bits per heavy atom. The van der Waals surface area contributed by atoms with Gasteiger partial charge in [0.2, 0.25) is 0 Å². The molecule has 0 heterocycles. The van der Waals surface area contributed by atoms with Crippen molar-refractivity contribution in [2.75, 3.05) is 19.5 Å². The van der Waals surface area contributed by atoms with Gasteiger partial charge >= 0.3 is 12.1 Å². The Hall–Kier alpha value is -1.92. The molecule has 0 aliphatic rings. The van der Waals surface area contributed by atoms with E-state index < -0.39 is 18.8 Å². The fraction of sp³-hybridized carbons (Fsp3) is 0.300. The summed E-state index contributed by atoms with van der Waals surface area (Å²) in [5, 5.41) is 0. The molecule has 0 bridgehead atoms. The Morgan fingerprint density at radius 3 is 2.59 bits per heavy atom. The summed E-state index contributed by atoms with van der Waals surface area (Å²) in [6.07, 6.45) is -4.50. The van der Waals surface area contributed by atoms with Crippen molar-refractivity contribution in [3.05, 3.63) is 23.8 Å². The van der Waals surface area contributed by atoms with Crippen LogP contribution in [0.25, 0.3) is 0 Å². The highest BCUT2D eigenvalue weighted by molar-refractivity contribution is 5.94. The third kappa shape index (κ3) is 3.54. The Balaban J connectivity index is 3.00. The Kier molecular flexibility index (Phi) is 3.82. The van der Waals surface area contributed by atoms with E-state index in [-0.39, 0.29) is 17.0 Å². The largest absolute Gasteiger partial charge is 0.481 e. The van der Waals surface area contributed by atoms with Gasteiger partial charge in [-0.25, -0.2) is 4.79 Å². The van der Waals surface area contributed by atoms with E-state index in [9.17, 15) is 18.0 Å². The van der Waals surface area contributed by atoms with Crippen molar-refractivity contribution in [2.24, 2.45) is 0 Å². The molecular weight excluding hydrogens is 239 g/mol. The first kappa shape index (κ1) is 13.1. The number of hydrogen-bond donors (Lipinski definition) is 1. The fourth-order valence-corrected chi connectivity index (χ4v) is 1.14. The lowest BCUT2D eigenvalue weighted by Crippen LogP contribution is -2.21. The van der Waals surface area contributed by atoms with Gasteiger partial charge in [0.25, 0.3) is 0 Å². The lowest BCUT2D eigenvalue weighted by atomic mass is 10.2. The van der Waals surface area contributed by atoms with Gasteiger partial charge in [-0.1, -0.05) is 6.07 Å². The number of anilines is 1. The lowest BCUT2D eigenvalue weighted by molar-refractivity contribution is -0.153. The van der Waals surface area contributed by atoms with Gasteiger partial charge in [-0.05, 0) is 12.1 Å². The van der Waals surface area contributed by atoms with Crippen molar-refractivity contribution in [1.82, 2.24) is 0 Å². The highest BCUT2D eigenvalue weighted by atomic mass is 19.4. The van der Waals surface area contributed by atoms with E-state index in [2.05, 4.69) is 9.47 Å². The summed E-state index contributed by atoms with van der Waals surface area (Å²) < 4.78 is 44.9. The van der Waals surface area contributed by atoms with Crippen molar-refractivity contribution in [3.8, 4) is 5.75 Å². The summed E-state index contributed by atoms with van der Waals surface area (Å²) in [5.74, 6) is -1.13. The van der Waals surface area contributed by atoms with Crippen molar-refractivity contribution in [3.63, 3.8) is 0 Å². The predicted octanol–water partition coefficient (Wildman–Crippen LogP) is 2.00. The molecule has 17 heavy (non-hydrogen) atoms. The summed E-state index contributed by atoms with van der Waals surface area (Å²) in [4.78, 5) is 11.3. The van der Waals surface area contributed by atoms with Crippen molar-refractivity contribution in [2.45, 2.75) is 6.18 Å². The maximum Gasteiger partial charge on any atom is 0.422 e. The van der Waals surface area contributed by atoms with Gasteiger partial charge in [-0.15, -0.1) is 0 Å². The zero-order valence-electron chi connectivity index (χ0n) is 8.88. The summed E-state index contributed by atoms with van der Waals surface area (Å²) in [6.45, 7) is -1.52. The zero-order valence-corrected chi connectivity index (χ0v) is 8.88. The average molecular weight is 249 g/mol. The van der Waals surface area contributed by atoms with Crippen LogP contribution in [0.3, 0.4) is 0 Å². The first-order chi connectivity index (χ1) is 7.85. The van der Waals surface area contributed by atoms with Gasteiger partial charge in [0, 0.05) is 0 Å². The van der Waals surface area contributed by atoms with Crippen LogP contribution in [-0.2, 0) is 4.74 Å². The summed E-state index contributed by atoms with van der Waals surface area (Å²) in [5.41, 5.74) is 5.24. The molecule has 1 rings (SSSR count). The Morgan fingerprint density at radius 1 is 1.41 bits per heavy atom. The molecule has 1 aromatic rings. The van der Waals surface area contributed by atoms with Crippen LogP contribution in [0, 0.1) is 0 Å². The topological polar surface area (TPSA) is 61.5 Å². The minimum absolute atomic E-state index is 0.0582. The number of para-hydroxylation sites is 1. The predicted molar refractivity (Wildman–Crippen MR) is 53.7 cm³/mol. The molecule has 0 radical (unpaired) electrons. The molecule has 0 amide bonds. The number of nitrogens with two attached hydrogens (primary N) is 1. The van der Waals surface area contributed by atoms with Crippen molar-refractivity contribution in [1.29, 1.82) is 0 Å². The number of carbonyl (C=O) groups is 1. The van der Waals surface area contributed by atoms with E-state index >= 15 is 0 Å². The molecule has 0 atom stereocenters. The molecule has 0 aliphatic carbocycles. The maximum atomic E-state index is 12.0. The van der Waals surface area contributed by atoms with E-state index in [0.717, 1.165) is 7.11 Å². The quantitative estimate of drug-likeness (QED) is 0.657. The van der Waals surface area contributed by atoms with Crippen LogP contribution in [0.5, 0.6) is 5.75 Å². The number of alkyl halides is 3. The van der Waals surface area contributed by atoms with Crippen LogP contribution in [0.1, 0.15) is 10.4 Å². The van der Waals surface area contributed by atoms with Crippen molar-refractivity contribution >= 4 is 11.7 Å². The van der Waals surface area contributed by atoms with Crippen LogP contribution >= 0.6 is 0 Å². The van der Waals surface area contributed by atoms with Gasteiger partial charge < -0.3 is 15.2 Å². The Labute approximate surface area is 95.1 Å². The van der Waals surface area contributed by atoms with Gasteiger partial charge in [-0.2, -0.15) is 13.2 Å². The first-order valence-corrected chi connectivity index (χ1v) is 4.51. The second-order valence-corrected chi connectivity index (χ2v) is 3.12. The molecule has 7 heteroatoms. The summed E-state index contributed by atoms with van der Waals surface area (Å²) in [7, 11) is 1.11. The standard InChI is InChI=1S/C10H10F3NO3/c1-16-9(15)6-3-2-4-7(14)8(6)17-5-10(11,12)13/h2-4H,5,14H2,1H3. The molecule has 1 aromatic carbocycles. The molecule has 0 unspecified atom stereocenters. The molecule has 4 nitrogen and oxygen atoms in total. The number of carbonyl (C=O) groups excluding carboxylic acids is 1. The number of halogens is 3. The van der Waals surface area contributed by atoms with Gasteiger partial charge in [0.1, 0.15) is 5.56 Å². The third-order valence-electron chi connectivity index (χ3n) is 1.83. The molecule has 0 spiro atoms. The first-order valence-electron chi connectivity index (χ1n) is 4.51. The van der Waals surface area contributed by atoms with E-state index in [1.54, 1.807) is 0 Å². The van der Waals surface area contributed by atoms with Crippen LogP contribution < -0.4 is 10.5 Å². The Bertz CT molecular complexity index is 418. The highest BCUT2D eigenvalue weighted by Crippen LogP contribution is 2.28. The van der Waals surface area contributed by atoms with E-state index in [1.165, 1.54) is 18.2 Å². The molecule has 0 saturated heterocycles. The minimum atomic E-state index is -4.50. The molecule has 0 aromatic heterocycles. The molecule has 94 valence electrons. The second kappa shape index (κ2) is 4.94. The SMILES string of the molecule is COC(=O)c1cccc(N)c1OCC(F)(F)F.